The van der Waals surface area contributed by atoms with Crippen molar-refractivity contribution >= 4 is 0 Å². The average molecular weight is 197 g/mol. The van der Waals surface area contributed by atoms with Crippen molar-refractivity contribution in [2.45, 2.75) is 65.3 Å². The molecule has 0 aromatic heterocycles. The molecule has 0 saturated heterocycles. The predicted molar refractivity (Wildman–Crippen MR) is 63.2 cm³/mol. The van der Waals surface area contributed by atoms with Crippen molar-refractivity contribution in [2.24, 2.45) is 23.5 Å². The van der Waals surface area contributed by atoms with Gasteiger partial charge in [0.25, 0.3) is 0 Å². The summed E-state index contributed by atoms with van der Waals surface area (Å²) in [5.74, 6) is 2.82. The zero-order chi connectivity index (χ0) is 10.6. The first kappa shape index (κ1) is 12.0. The zero-order valence-corrected chi connectivity index (χ0v) is 10.1. The molecule has 1 saturated carbocycles. The van der Waals surface area contributed by atoms with Crippen LogP contribution in [0.5, 0.6) is 0 Å². The molecular formula is C13H27N. The molecule has 1 heteroatoms. The largest absolute Gasteiger partial charge is 0.328 e. The third-order valence-electron chi connectivity index (χ3n) is 4.02. The second-order valence-electron chi connectivity index (χ2n) is 5.38. The van der Waals surface area contributed by atoms with Crippen molar-refractivity contribution in [3.8, 4) is 0 Å². The molecule has 2 unspecified atom stereocenters. The fraction of sp³-hybridized carbons (Fsp3) is 1.00. The van der Waals surface area contributed by atoms with Crippen LogP contribution in [0.2, 0.25) is 0 Å². The van der Waals surface area contributed by atoms with Crippen LogP contribution in [0.15, 0.2) is 0 Å². The molecule has 14 heavy (non-hydrogen) atoms. The van der Waals surface area contributed by atoms with Crippen molar-refractivity contribution < 1.29 is 0 Å². The fourth-order valence-corrected chi connectivity index (χ4v) is 2.94. The lowest BCUT2D eigenvalue weighted by Gasteiger charge is -2.32. The summed E-state index contributed by atoms with van der Waals surface area (Å²) in [4.78, 5) is 0. The Balaban J connectivity index is 2.26. The summed E-state index contributed by atoms with van der Waals surface area (Å²) in [6.07, 6.45) is 8.42. The van der Waals surface area contributed by atoms with Crippen LogP contribution in [0.3, 0.4) is 0 Å². The topological polar surface area (TPSA) is 26.0 Å². The summed E-state index contributed by atoms with van der Waals surface area (Å²) < 4.78 is 0. The monoisotopic (exact) mass is 197 g/mol. The quantitative estimate of drug-likeness (QED) is 0.732. The number of hydrogen-bond acceptors (Lipinski definition) is 1. The highest BCUT2D eigenvalue weighted by Gasteiger charge is 2.24. The van der Waals surface area contributed by atoms with Crippen molar-refractivity contribution in [1.29, 1.82) is 0 Å². The molecule has 0 radical (unpaired) electrons. The van der Waals surface area contributed by atoms with Crippen molar-refractivity contribution in [2.75, 3.05) is 0 Å². The lowest BCUT2D eigenvalue weighted by molar-refractivity contribution is 0.199. The van der Waals surface area contributed by atoms with Crippen LogP contribution < -0.4 is 5.73 Å². The molecule has 0 heterocycles. The molecule has 0 spiro atoms. The van der Waals surface area contributed by atoms with E-state index in [1.165, 1.54) is 38.5 Å². The van der Waals surface area contributed by atoms with Gasteiger partial charge in [0.1, 0.15) is 0 Å². The van der Waals surface area contributed by atoms with Gasteiger partial charge in [-0.15, -0.1) is 0 Å². The molecule has 0 bridgehead atoms. The lowest BCUT2D eigenvalue weighted by atomic mass is 9.74. The van der Waals surface area contributed by atoms with Crippen LogP contribution >= 0.6 is 0 Å². The van der Waals surface area contributed by atoms with E-state index in [9.17, 15) is 0 Å². The summed E-state index contributed by atoms with van der Waals surface area (Å²) in [5, 5.41) is 0. The van der Waals surface area contributed by atoms with E-state index in [1.807, 2.05) is 0 Å². The van der Waals surface area contributed by atoms with Gasteiger partial charge in [-0.3, -0.25) is 0 Å². The van der Waals surface area contributed by atoms with E-state index >= 15 is 0 Å². The third kappa shape index (κ3) is 3.61. The Morgan fingerprint density at radius 1 is 1.14 bits per heavy atom. The molecule has 0 amide bonds. The number of nitrogens with two attached hydrogens (primary N) is 1. The van der Waals surface area contributed by atoms with Crippen LogP contribution in [0.4, 0.5) is 0 Å². The zero-order valence-electron chi connectivity index (χ0n) is 10.1. The maximum absolute atomic E-state index is 5.85. The highest BCUT2D eigenvalue weighted by atomic mass is 14.6. The molecule has 84 valence electrons. The SMILES string of the molecule is CCC1CCC(C(C)CC(C)N)CC1. The van der Waals surface area contributed by atoms with Gasteiger partial charge in [-0.05, 0) is 43.9 Å². The van der Waals surface area contributed by atoms with E-state index in [0.29, 0.717) is 6.04 Å². The molecule has 1 fully saturated rings. The Morgan fingerprint density at radius 3 is 2.14 bits per heavy atom. The van der Waals surface area contributed by atoms with E-state index < -0.39 is 0 Å². The molecule has 2 atom stereocenters. The molecule has 0 aromatic carbocycles. The third-order valence-corrected chi connectivity index (χ3v) is 4.02. The summed E-state index contributed by atoms with van der Waals surface area (Å²) in [5.41, 5.74) is 5.85. The fourth-order valence-electron chi connectivity index (χ4n) is 2.94. The predicted octanol–water partition coefficient (Wildman–Crippen LogP) is 3.58. The maximum Gasteiger partial charge on any atom is 0.00131 e. The normalized spacial score (nSPS) is 32.6. The van der Waals surface area contributed by atoms with Gasteiger partial charge in [0.05, 0.1) is 0 Å². The first-order chi connectivity index (χ1) is 6.63. The summed E-state index contributed by atoms with van der Waals surface area (Å²) in [6, 6.07) is 0.383. The van der Waals surface area contributed by atoms with E-state index in [0.717, 1.165) is 17.8 Å². The lowest BCUT2D eigenvalue weighted by Crippen LogP contribution is -2.25. The number of hydrogen-bond donors (Lipinski definition) is 1. The second kappa shape index (κ2) is 5.75. The number of rotatable bonds is 4. The molecule has 0 aromatic rings. The van der Waals surface area contributed by atoms with Gasteiger partial charge in [-0.2, -0.15) is 0 Å². The van der Waals surface area contributed by atoms with Crippen molar-refractivity contribution in [3.63, 3.8) is 0 Å². The average Bonchev–Trinajstić information content (AvgIpc) is 2.17. The van der Waals surface area contributed by atoms with Gasteiger partial charge >= 0.3 is 0 Å². The summed E-state index contributed by atoms with van der Waals surface area (Å²) in [7, 11) is 0. The van der Waals surface area contributed by atoms with Crippen LogP contribution in [0, 0.1) is 17.8 Å². The molecule has 1 aliphatic carbocycles. The van der Waals surface area contributed by atoms with Gasteiger partial charge in [-0.25, -0.2) is 0 Å². The minimum absolute atomic E-state index is 0.383. The first-order valence-electron chi connectivity index (χ1n) is 6.39. The van der Waals surface area contributed by atoms with E-state index in [2.05, 4.69) is 20.8 Å². The Bertz CT molecular complexity index is 145. The Hall–Kier alpha value is -0.0400. The Kier molecular flexibility index (Phi) is 4.94. The highest BCUT2D eigenvalue weighted by Crippen LogP contribution is 2.35. The Morgan fingerprint density at radius 2 is 1.71 bits per heavy atom. The van der Waals surface area contributed by atoms with Gasteiger partial charge in [0.2, 0.25) is 0 Å². The minimum Gasteiger partial charge on any atom is -0.328 e. The minimum atomic E-state index is 0.383. The molecule has 1 aliphatic rings. The van der Waals surface area contributed by atoms with Crippen molar-refractivity contribution in [3.05, 3.63) is 0 Å². The molecule has 0 aliphatic heterocycles. The highest BCUT2D eigenvalue weighted by molar-refractivity contribution is 4.76. The van der Waals surface area contributed by atoms with Crippen LogP contribution in [0.1, 0.15) is 59.3 Å². The molecule has 1 nitrogen and oxygen atoms in total. The second-order valence-corrected chi connectivity index (χ2v) is 5.38. The molecule has 1 rings (SSSR count). The first-order valence-corrected chi connectivity index (χ1v) is 6.39. The summed E-state index contributed by atoms with van der Waals surface area (Å²) in [6.45, 7) is 6.85. The molecule has 2 N–H and O–H groups in total. The van der Waals surface area contributed by atoms with Crippen LogP contribution in [-0.2, 0) is 0 Å². The van der Waals surface area contributed by atoms with Crippen LogP contribution in [0.25, 0.3) is 0 Å². The van der Waals surface area contributed by atoms with Gasteiger partial charge < -0.3 is 5.73 Å². The van der Waals surface area contributed by atoms with Gasteiger partial charge in [0.15, 0.2) is 0 Å². The van der Waals surface area contributed by atoms with E-state index in [-0.39, 0.29) is 0 Å². The molecular weight excluding hydrogens is 170 g/mol. The van der Waals surface area contributed by atoms with Gasteiger partial charge in [0, 0.05) is 6.04 Å². The Labute approximate surface area is 89.5 Å². The van der Waals surface area contributed by atoms with Gasteiger partial charge in [-0.1, -0.05) is 33.1 Å². The van der Waals surface area contributed by atoms with Crippen LogP contribution in [-0.4, -0.2) is 6.04 Å². The standard InChI is InChI=1S/C13H27N/c1-4-12-5-7-13(8-6-12)10(2)9-11(3)14/h10-13H,4-9,14H2,1-3H3. The van der Waals surface area contributed by atoms with E-state index in [1.54, 1.807) is 0 Å². The van der Waals surface area contributed by atoms with E-state index in [4.69, 9.17) is 5.73 Å². The smallest absolute Gasteiger partial charge is 0.00131 e. The summed E-state index contributed by atoms with van der Waals surface area (Å²) >= 11 is 0. The maximum atomic E-state index is 5.85. The van der Waals surface area contributed by atoms with Crippen molar-refractivity contribution in [1.82, 2.24) is 0 Å².